The van der Waals surface area contributed by atoms with Gasteiger partial charge in [-0.3, -0.25) is 0 Å². The maximum absolute atomic E-state index is 10.9. The molecule has 0 aromatic heterocycles. The summed E-state index contributed by atoms with van der Waals surface area (Å²) in [5.74, 6) is -0.287. The van der Waals surface area contributed by atoms with Crippen molar-refractivity contribution >= 4 is 29.9 Å². The molecule has 0 amide bonds. The molecule has 0 bridgehead atoms. The van der Waals surface area contributed by atoms with Gasteiger partial charge in [0.25, 0.3) is 0 Å². The number of carbonyl (C=O) groups excluding carboxylic acids is 1. The average molecular weight is 313 g/mol. The zero-order chi connectivity index (χ0) is 10.3. The van der Waals surface area contributed by atoms with E-state index < -0.39 is 0 Å². The largest absolute Gasteiger partial charge is 0.462 e. The van der Waals surface area contributed by atoms with Gasteiger partial charge < -0.3 is 9.64 Å². The third kappa shape index (κ3) is 9.98. The Morgan fingerprint density at radius 1 is 1.36 bits per heavy atom. The summed E-state index contributed by atoms with van der Waals surface area (Å²) >= 11 is 0. The third-order valence-electron chi connectivity index (χ3n) is 1.58. The molecule has 0 radical (unpaired) electrons. The molecule has 0 heterocycles. The number of carbonyl (C=O) groups is 1. The first kappa shape index (κ1) is 16.3. The summed E-state index contributed by atoms with van der Waals surface area (Å²) in [5.41, 5.74) is 0.465. The van der Waals surface area contributed by atoms with Crippen LogP contribution in [0.1, 0.15) is 19.8 Å². The number of halogens is 1. The minimum atomic E-state index is -0.287. The second kappa shape index (κ2) is 9.45. The number of hydrogen-bond acceptors (Lipinski definition) is 3. The maximum Gasteiger partial charge on any atom is 0.333 e. The van der Waals surface area contributed by atoms with Crippen molar-refractivity contribution in [2.45, 2.75) is 19.8 Å². The number of esters is 1. The highest BCUT2D eigenvalue weighted by molar-refractivity contribution is 14.0. The lowest BCUT2D eigenvalue weighted by Gasteiger charge is -2.08. The molecule has 4 heteroatoms. The Bertz CT molecular complexity index is 181. The van der Waals surface area contributed by atoms with Gasteiger partial charge in [-0.25, -0.2) is 4.79 Å². The van der Waals surface area contributed by atoms with Crippen LogP contribution in [0.25, 0.3) is 0 Å². The van der Waals surface area contributed by atoms with E-state index in [9.17, 15) is 4.79 Å². The van der Waals surface area contributed by atoms with Gasteiger partial charge in [-0.15, -0.1) is 24.0 Å². The van der Waals surface area contributed by atoms with Gasteiger partial charge >= 0.3 is 5.97 Å². The summed E-state index contributed by atoms with van der Waals surface area (Å²) in [7, 11) is 4.06. The van der Waals surface area contributed by atoms with Crippen LogP contribution in [0.2, 0.25) is 0 Å². The molecule has 0 aromatic rings. The molecule has 84 valence electrons. The van der Waals surface area contributed by atoms with Gasteiger partial charge in [0, 0.05) is 5.57 Å². The third-order valence-corrected chi connectivity index (χ3v) is 1.58. The van der Waals surface area contributed by atoms with E-state index in [1.807, 2.05) is 14.1 Å². The second-order valence-electron chi connectivity index (χ2n) is 3.43. The molecule has 14 heavy (non-hydrogen) atoms. The lowest BCUT2D eigenvalue weighted by molar-refractivity contribution is -0.139. The summed E-state index contributed by atoms with van der Waals surface area (Å²) < 4.78 is 4.93. The van der Waals surface area contributed by atoms with Crippen molar-refractivity contribution in [2.75, 3.05) is 27.2 Å². The van der Waals surface area contributed by atoms with Gasteiger partial charge in [-0.05, 0) is 40.4 Å². The van der Waals surface area contributed by atoms with E-state index in [1.165, 1.54) is 0 Å². The Kier molecular flexibility index (Phi) is 11.0. The van der Waals surface area contributed by atoms with Crippen LogP contribution in [0.4, 0.5) is 0 Å². The van der Waals surface area contributed by atoms with Gasteiger partial charge in [0.15, 0.2) is 0 Å². The quantitative estimate of drug-likeness (QED) is 0.325. The molecule has 0 fully saturated rings. The molecule has 0 atom stereocenters. The molecule has 3 nitrogen and oxygen atoms in total. The molecule has 0 aliphatic heterocycles. The van der Waals surface area contributed by atoms with Gasteiger partial charge in [-0.1, -0.05) is 6.58 Å². The van der Waals surface area contributed by atoms with Crippen molar-refractivity contribution in [1.29, 1.82) is 0 Å². The number of unbranched alkanes of at least 4 members (excludes halogenated alkanes) is 1. The van der Waals surface area contributed by atoms with Crippen molar-refractivity contribution in [3.63, 3.8) is 0 Å². The molecule has 0 N–H and O–H groups in total. The molecular weight excluding hydrogens is 293 g/mol. The van der Waals surface area contributed by atoms with Gasteiger partial charge in [0.05, 0.1) is 6.61 Å². The number of nitrogens with zero attached hydrogens (tertiary/aromatic N) is 1. The van der Waals surface area contributed by atoms with E-state index in [2.05, 4.69) is 11.5 Å². The molecule has 0 unspecified atom stereocenters. The first-order valence-electron chi connectivity index (χ1n) is 4.51. The molecule has 0 aliphatic carbocycles. The van der Waals surface area contributed by atoms with Crippen LogP contribution in [-0.4, -0.2) is 38.1 Å². The second-order valence-corrected chi connectivity index (χ2v) is 3.43. The average Bonchev–Trinajstić information content (AvgIpc) is 2.02. The monoisotopic (exact) mass is 313 g/mol. The minimum absolute atomic E-state index is 0. The first-order chi connectivity index (χ1) is 6.04. The van der Waals surface area contributed by atoms with Crippen LogP contribution in [-0.2, 0) is 9.53 Å². The van der Waals surface area contributed by atoms with E-state index >= 15 is 0 Å². The zero-order valence-corrected chi connectivity index (χ0v) is 11.5. The van der Waals surface area contributed by atoms with E-state index in [4.69, 9.17) is 4.74 Å². The number of ether oxygens (including phenoxy) is 1. The van der Waals surface area contributed by atoms with E-state index in [1.54, 1.807) is 6.92 Å². The lowest BCUT2D eigenvalue weighted by atomic mass is 10.3. The van der Waals surface area contributed by atoms with Crippen LogP contribution >= 0.6 is 24.0 Å². The molecular formula is C10H20INO2. The normalized spacial score (nSPS) is 9.43. The standard InChI is InChI=1S/C10H19NO2.HI/c1-9(2)10(12)13-8-6-5-7-11(3)4;/h1,5-8H2,2-4H3;1H. The summed E-state index contributed by atoms with van der Waals surface area (Å²) in [6.45, 7) is 6.69. The van der Waals surface area contributed by atoms with Crippen LogP contribution in [0.15, 0.2) is 12.2 Å². The van der Waals surface area contributed by atoms with Crippen molar-refractivity contribution in [2.24, 2.45) is 0 Å². The fourth-order valence-electron chi connectivity index (χ4n) is 0.818. The molecule has 0 aromatic carbocycles. The fourth-order valence-corrected chi connectivity index (χ4v) is 0.818. The molecule has 0 aliphatic rings. The van der Waals surface area contributed by atoms with Crippen LogP contribution < -0.4 is 0 Å². The van der Waals surface area contributed by atoms with Crippen molar-refractivity contribution in [3.8, 4) is 0 Å². The first-order valence-corrected chi connectivity index (χ1v) is 4.51. The minimum Gasteiger partial charge on any atom is -0.462 e. The number of rotatable bonds is 6. The molecule has 0 rings (SSSR count). The fraction of sp³-hybridized carbons (Fsp3) is 0.700. The summed E-state index contributed by atoms with van der Waals surface area (Å²) in [6.07, 6.45) is 1.97. The van der Waals surface area contributed by atoms with Crippen molar-refractivity contribution in [3.05, 3.63) is 12.2 Å². The van der Waals surface area contributed by atoms with Crippen LogP contribution in [0.3, 0.4) is 0 Å². The maximum atomic E-state index is 10.9. The highest BCUT2D eigenvalue weighted by atomic mass is 127. The van der Waals surface area contributed by atoms with Crippen LogP contribution in [0.5, 0.6) is 0 Å². The predicted molar refractivity (Wildman–Crippen MR) is 69.0 cm³/mol. The highest BCUT2D eigenvalue weighted by Crippen LogP contribution is 1.96. The topological polar surface area (TPSA) is 29.5 Å². The van der Waals surface area contributed by atoms with Gasteiger partial charge in [0.2, 0.25) is 0 Å². The zero-order valence-electron chi connectivity index (χ0n) is 9.21. The Balaban J connectivity index is 0. The summed E-state index contributed by atoms with van der Waals surface area (Å²) in [6, 6.07) is 0. The van der Waals surface area contributed by atoms with Gasteiger partial charge in [0.1, 0.15) is 0 Å². The predicted octanol–water partition coefficient (Wildman–Crippen LogP) is 2.07. The Morgan fingerprint density at radius 2 is 1.93 bits per heavy atom. The van der Waals surface area contributed by atoms with Crippen molar-refractivity contribution < 1.29 is 9.53 Å². The van der Waals surface area contributed by atoms with E-state index in [0.29, 0.717) is 12.2 Å². The Labute approximate surface area is 104 Å². The number of hydrogen-bond donors (Lipinski definition) is 0. The summed E-state index contributed by atoms with van der Waals surface area (Å²) in [5, 5.41) is 0. The summed E-state index contributed by atoms with van der Waals surface area (Å²) in [4.78, 5) is 13.0. The van der Waals surface area contributed by atoms with Crippen molar-refractivity contribution in [1.82, 2.24) is 4.90 Å². The Morgan fingerprint density at radius 3 is 2.36 bits per heavy atom. The van der Waals surface area contributed by atoms with Crippen LogP contribution in [0, 0.1) is 0 Å². The molecule has 0 saturated carbocycles. The van der Waals surface area contributed by atoms with E-state index in [0.717, 1.165) is 19.4 Å². The lowest BCUT2D eigenvalue weighted by Crippen LogP contribution is -2.14. The molecule has 0 spiro atoms. The highest BCUT2D eigenvalue weighted by Gasteiger charge is 2.01. The van der Waals surface area contributed by atoms with Gasteiger partial charge in [-0.2, -0.15) is 0 Å². The van der Waals surface area contributed by atoms with E-state index in [-0.39, 0.29) is 29.9 Å². The SMILES string of the molecule is C=C(C)C(=O)OCCCCN(C)C.I. The Hall–Kier alpha value is -0.100. The molecule has 0 saturated heterocycles. The smallest absolute Gasteiger partial charge is 0.333 e.